The van der Waals surface area contributed by atoms with Gasteiger partial charge in [0, 0.05) is 5.57 Å². The normalized spacial score (nSPS) is 17.5. The lowest BCUT2D eigenvalue weighted by atomic mass is 9.93. The van der Waals surface area contributed by atoms with Crippen LogP contribution in [0.1, 0.15) is 23.1 Å². The number of hydrogen-bond donors (Lipinski definition) is 1. The molecule has 2 aliphatic heterocycles. The van der Waals surface area contributed by atoms with E-state index in [4.69, 9.17) is 14.2 Å². The number of thioether (sulfide) groups is 2. The third kappa shape index (κ3) is 6.04. The number of benzene rings is 3. The van der Waals surface area contributed by atoms with Gasteiger partial charge in [0.1, 0.15) is 21.3 Å². The van der Waals surface area contributed by atoms with E-state index in [9.17, 15) is 4.79 Å². The van der Waals surface area contributed by atoms with Crippen LogP contribution in [0, 0.1) is 0 Å². The first-order valence-electron chi connectivity index (χ1n) is 12.5. The predicted molar refractivity (Wildman–Crippen MR) is 184 cm³/mol. The highest BCUT2D eigenvalue weighted by molar-refractivity contribution is 9.11. The monoisotopic (exact) mass is 843 g/mol. The molecule has 5 nitrogen and oxygen atoms in total. The van der Waals surface area contributed by atoms with Crippen molar-refractivity contribution < 1.29 is 19.0 Å². The molecule has 1 N–H and O–H groups in total. The van der Waals surface area contributed by atoms with Gasteiger partial charge in [-0.2, -0.15) is 0 Å². The number of rotatable bonds is 7. The maximum atomic E-state index is 14.2. The van der Waals surface area contributed by atoms with Crippen LogP contribution in [0.15, 0.2) is 77.7 Å². The summed E-state index contributed by atoms with van der Waals surface area (Å²) < 4.78 is 19.2. The molecule has 41 heavy (non-hydrogen) atoms. The molecule has 0 radical (unpaired) electrons. The highest BCUT2D eigenvalue weighted by Crippen LogP contribution is 2.60. The van der Waals surface area contributed by atoms with E-state index in [-0.39, 0.29) is 5.91 Å². The van der Waals surface area contributed by atoms with Crippen LogP contribution in [0.2, 0.25) is 0 Å². The molecular weight excluding hydrogens is 822 g/mol. The van der Waals surface area contributed by atoms with Gasteiger partial charge in [-0.25, -0.2) is 0 Å². The molecule has 1 fully saturated rings. The zero-order chi connectivity index (χ0) is 29.3. The molecule has 5 rings (SSSR count). The van der Waals surface area contributed by atoms with Crippen molar-refractivity contribution >= 4 is 105 Å². The number of amides is 1. The van der Waals surface area contributed by atoms with Crippen molar-refractivity contribution in [2.75, 3.05) is 32.8 Å². The van der Waals surface area contributed by atoms with Crippen LogP contribution < -0.4 is 19.5 Å². The Bertz CT molecular complexity index is 1560. The lowest BCUT2D eigenvalue weighted by Gasteiger charge is -2.38. The summed E-state index contributed by atoms with van der Waals surface area (Å²) in [4.78, 5) is 14.2. The van der Waals surface area contributed by atoms with E-state index in [1.807, 2.05) is 42.5 Å². The van der Waals surface area contributed by atoms with Gasteiger partial charge < -0.3 is 19.5 Å². The highest BCUT2D eigenvalue weighted by Gasteiger charge is 2.48. The topological polar surface area (TPSA) is 56.8 Å². The Morgan fingerprint density at radius 3 is 1.98 bits per heavy atom. The van der Waals surface area contributed by atoms with Crippen LogP contribution >= 0.6 is 87.2 Å². The van der Waals surface area contributed by atoms with Crippen molar-refractivity contribution in [3.8, 4) is 17.2 Å². The largest absolute Gasteiger partial charge is 0.496 e. The number of allylic oxidation sites excluding steroid dienone is 1. The Kier molecular flexibility index (Phi) is 9.92. The summed E-state index contributed by atoms with van der Waals surface area (Å²) >= 11 is 18.2. The first-order chi connectivity index (χ1) is 19.7. The molecule has 3 aromatic rings. The van der Waals surface area contributed by atoms with Crippen LogP contribution in [0.25, 0.3) is 11.6 Å². The van der Waals surface area contributed by atoms with Gasteiger partial charge in [0.2, 0.25) is 0 Å². The molecule has 1 amide bonds. The molecule has 2 aliphatic rings. The highest BCUT2D eigenvalue weighted by atomic mass is 79.9. The quantitative estimate of drug-likeness (QED) is 0.256. The van der Waals surface area contributed by atoms with Gasteiger partial charge in [0.05, 0.1) is 50.5 Å². The van der Waals surface area contributed by atoms with E-state index in [0.29, 0.717) is 11.3 Å². The Hall–Kier alpha value is -1.37. The number of methoxy groups -OCH3 is 3. The third-order valence-corrected chi connectivity index (χ3v) is 12.5. The molecule has 0 saturated carbocycles. The number of hydrogen-bond acceptors (Lipinski definition) is 6. The van der Waals surface area contributed by atoms with Gasteiger partial charge in [-0.1, -0.05) is 12.1 Å². The van der Waals surface area contributed by atoms with E-state index >= 15 is 0 Å². The van der Waals surface area contributed by atoms with E-state index in [1.165, 1.54) is 0 Å². The maximum Gasteiger partial charge on any atom is 0.254 e. The van der Waals surface area contributed by atoms with Crippen LogP contribution in [-0.4, -0.2) is 38.7 Å². The zero-order valence-corrected chi connectivity index (χ0v) is 30.3. The first kappa shape index (κ1) is 31.1. The van der Waals surface area contributed by atoms with Gasteiger partial charge >= 0.3 is 0 Å². The summed E-state index contributed by atoms with van der Waals surface area (Å²) in [6.45, 7) is 0. The number of halogens is 4. The summed E-state index contributed by atoms with van der Waals surface area (Å²) in [6, 6.07) is 15.9. The molecule has 0 spiro atoms. The summed E-state index contributed by atoms with van der Waals surface area (Å²) in [7, 11) is 4.92. The lowest BCUT2D eigenvalue weighted by molar-refractivity contribution is -0.116. The number of nitrogens with one attached hydrogen (secondary N) is 1. The molecule has 0 atom stereocenters. The first-order valence-corrected chi connectivity index (χ1v) is 17.6. The van der Waals surface area contributed by atoms with Crippen LogP contribution in [-0.2, 0) is 8.87 Å². The van der Waals surface area contributed by atoms with Crippen molar-refractivity contribution in [2.45, 2.75) is 10.5 Å². The second kappa shape index (κ2) is 13.1. The molecular formula is C30H25Br4NO4S2. The molecule has 0 bridgehead atoms. The zero-order valence-electron chi connectivity index (χ0n) is 22.3. The fraction of sp³-hybridized carbons (Fsp3) is 0.233. The van der Waals surface area contributed by atoms with Crippen molar-refractivity contribution in [3.63, 3.8) is 0 Å². The fourth-order valence-electron chi connectivity index (χ4n) is 4.91. The number of ether oxygens (including phenoxy) is 3. The van der Waals surface area contributed by atoms with Gasteiger partial charge in [-0.15, -0.1) is 23.5 Å². The summed E-state index contributed by atoms with van der Waals surface area (Å²) in [5, 5.41) is 3.22. The second-order valence-corrected chi connectivity index (χ2v) is 15.4. The molecule has 1 saturated heterocycles. The Morgan fingerprint density at radius 2 is 1.41 bits per heavy atom. The smallest absolute Gasteiger partial charge is 0.254 e. The minimum atomic E-state index is -0.655. The van der Waals surface area contributed by atoms with Crippen molar-refractivity contribution in [1.29, 1.82) is 0 Å². The number of carbonyl (C=O) groups is 1. The standard InChI is InChI=1S/C30H25Br4NO4S2/c1-37-24-7-5-16(11-19(24)31)12-23-26(17-6-8-25(38-2)20(32)13-17)27(29(36)35-23)30(40-9-4-10-41-30)18-14-21(33)28(39-3)22(34)15-18/h5-8,11-15H,4,9-10H2,1-3H3,(H,35,36)/b23-12-. The molecule has 0 unspecified atom stereocenters. The lowest BCUT2D eigenvalue weighted by Crippen LogP contribution is -2.31. The van der Waals surface area contributed by atoms with Crippen molar-refractivity contribution in [3.05, 3.63) is 94.4 Å². The predicted octanol–water partition coefficient (Wildman–Crippen LogP) is 9.41. The molecule has 2 heterocycles. The van der Waals surface area contributed by atoms with E-state index in [0.717, 1.165) is 75.3 Å². The minimum Gasteiger partial charge on any atom is -0.496 e. The van der Waals surface area contributed by atoms with Gasteiger partial charge in [-0.05, 0) is 141 Å². The SMILES string of the molecule is COc1ccc(/C=C2\NC(=O)C(C3(c4cc(Br)c(OC)c(Br)c4)SCCCS3)=C2c2ccc(OC)c(Br)c2)cc1Br. The second-order valence-electron chi connectivity index (χ2n) is 9.15. The summed E-state index contributed by atoms with van der Waals surface area (Å²) in [5.74, 6) is 3.91. The van der Waals surface area contributed by atoms with Crippen molar-refractivity contribution in [1.82, 2.24) is 5.32 Å². The average Bonchev–Trinajstić information content (AvgIpc) is 3.28. The maximum absolute atomic E-state index is 14.2. The van der Waals surface area contributed by atoms with Gasteiger partial charge in [0.15, 0.2) is 0 Å². The Morgan fingerprint density at radius 1 is 0.805 bits per heavy atom. The molecule has 3 aromatic carbocycles. The van der Waals surface area contributed by atoms with Gasteiger partial charge in [-0.3, -0.25) is 4.79 Å². The summed E-state index contributed by atoms with van der Waals surface area (Å²) in [6.07, 6.45) is 3.07. The van der Waals surface area contributed by atoms with Crippen LogP contribution in [0.4, 0.5) is 0 Å². The van der Waals surface area contributed by atoms with Crippen LogP contribution in [0.3, 0.4) is 0 Å². The summed E-state index contributed by atoms with van der Waals surface area (Å²) in [5.41, 5.74) is 5.14. The van der Waals surface area contributed by atoms with Gasteiger partial charge in [0.25, 0.3) is 5.91 Å². The average molecular weight is 847 g/mol. The number of carbonyl (C=O) groups excluding carboxylic acids is 1. The molecule has 0 aromatic heterocycles. The van der Waals surface area contributed by atoms with E-state index in [1.54, 1.807) is 44.9 Å². The van der Waals surface area contributed by atoms with E-state index < -0.39 is 4.08 Å². The third-order valence-electron chi connectivity index (χ3n) is 6.73. The van der Waals surface area contributed by atoms with Crippen molar-refractivity contribution in [2.24, 2.45) is 0 Å². The molecule has 0 aliphatic carbocycles. The molecule has 214 valence electrons. The van der Waals surface area contributed by atoms with E-state index in [2.05, 4.69) is 81.2 Å². The Balaban J connectivity index is 1.80. The fourth-order valence-corrected chi connectivity index (χ4v) is 10.9. The Labute approximate surface area is 281 Å². The minimum absolute atomic E-state index is 0.115. The molecule has 11 heteroatoms. The van der Waals surface area contributed by atoms with Crippen LogP contribution in [0.5, 0.6) is 17.2 Å².